The van der Waals surface area contributed by atoms with Gasteiger partial charge in [0.15, 0.2) is 0 Å². The van der Waals surface area contributed by atoms with E-state index in [1.807, 2.05) is 24.8 Å². The number of imidazole rings is 1. The minimum absolute atomic E-state index is 0.664. The number of rotatable bonds is 8. The van der Waals surface area contributed by atoms with Gasteiger partial charge >= 0.3 is 0 Å². The minimum Gasteiger partial charge on any atom is -0.334 e. The molecule has 2 aromatic rings. The second kappa shape index (κ2) is 8.40. The number of hydrogen-bond acceptors (Lipinski definition) is 4. The molecule has 1 aliphatic rings. The van der Waals surface area contributed by atoms with Gasteiger partial charge in [-0.25, -0.2) is 4.98 Å². The normalized spacial score (nSPS) is 18.5. The SMILES string of the molecule is CCN1CCCC1CN(Cc1ccccn1)Cc1cncn1CC. The maximum Gasteiger partial charge on any atom is 0.0948 e. The Bertz CT molecular complexity index is 609. The standard InChI is InChI=1S/C19H29N5/c1-3-23-11-7-9-18(23)14-22(13-17-8-5-6-10-21-17)15-19-12-20-16-24(19)4-2/h5-6,8,10,12,16,18H,3-4,7,9,11,13-15H2,1-2H3. The Morgan fingerprint density at radius 1 is 1.21 bits per heavy atom. The van der Waals surface area contributed by atoms with Gasteiger partial charge in [-0.1, -0.05) is 13.0 Å². The molecule has 0 amide bonds. The summed E-state index contributed by atoms with van der Waals surface area (Å²) < 4.78 is 2.23. The Labute approximate surface area is 145 Å². The quantitative estimate of drug-likeness (QED) is 0.747. The van der Waals surface area contributed by atoms with Crippen LogP contribution in [0, 0.1) is 0 Å². The summed E-state index contributed by atoms with van der Waals surface area (Å²) in [6.07, 6.45) is 8.45. The van der Waals surface area contributed by atoms with Crippen LogP contribution in [0.25, 0.3) is 0 Å². The smallest absolute Gasteiger partial charge is 0.0948 e. The summed E-state index contributed by atoms with van der Waals surface area (Å²) in [6.45, 7) is 10.7. The van der Waals surface area contributed by atoms with E-state index in [-0.39, 0.29) is 0 Å². The molecule has 0 saturated carbocycles. The summed E-state index contributed by atoms with van der Waals surface area (Å²) in [5, 5.41) is 0. The number of hydrogen-bond donors (Lipinski definition) is 0. The summed E-state index contributed by atoms with van der Waals surface area (Å²) in [4.78, 5) is 14.0. The molecule has 0 N–H and O–H groups in total. The summed E-state index contributed by atoms with van der Waals surface area (Å²) in [6, 6.07) is 6.84. The van der Waals surface area contributed by atoms with E-state index in [1.54, 1.807) is 0 Å². The number of aryl methyl sites for hydroxylation is 1. The van der Waals surface area contributed by atoms with E-state index in [0.717, 1.165) is 38.4 Å². The number of nitrogens with zero attached hydrogens (tertiary/aromatic N) is 5. The summed E-state index contributed by atoms with van der Waals surface area (Å²) in [5.74, 6) is 0. The summed E-state index contributed by atoms with van der Waals surface area (Å²) >= 11 is 0. The molecular formula is C19H29N5. The molecule has 5 nitrogen and oxygen atoms in total. The molecule has 0 radical (unpaired) electrons. The van der Waals surface area contributed by atoms with Gasteiger partial charge in [-0.3, -0.25) is 14.8 Å². The monoisotopic (exact) mass is 327 g/mol. The lowest BCUT2D eigenvalue weighted by atomic mass is 10.2. The molecule has 1 unspecified atom stereocenters. The van der Waals surface area contributed by atoms with Crippen LogP contribution in [0.4, 0.5) is 0 Å². The molecule has 3 rings (SSSR count). The van der Waals surface area contributed by atoms with Gasteiger partial charge in [0, 0.05) is 44.6 Å². The summed E-state index contributed by atoms with van der Waals surface area (Å²) in [7, 11) is 0. The zero-order valence-electron chi connectivity index (χ0n) is 14.9. The van der Waals surface area contributed by atoms with Crippen molar-refractivity contribution >= 4 is 0 Å². The molecule has 3 heterocycles. The molecule has 1 aliphatic heterocycles. The number of likely N-dealkylation sites (N-methyl/N-ethyl adjacent to an activating group) is 1. The molecule has 0 bridgehead atoms. The van der Waals surface area contributed by atoms with Gasteiger partial charge in [0.2, 0.25) is 0 Å². The van der Waals surface area contributed by atoms with Crippen LogP contribution < -0.4 is 0 Å². The molecule has 1 atom stereocenters. The zero-order valence-corrected chi connectivity index (χ0v) is 14.9. The highest BCUT2D eigenvalue weighted by atomic mass is 15.2. The Hall–Kier alpha value is -1.72. The predicted octanol–water partition coefficient (Wildman–Crippen LogP) is 2.78. The average molecular weight is 327 g/mol. The van der Waals surface area contributed by atoms with E-state index in [9.17, 15) is 0 Å². The summed E-state index contributed by atoms with van der Waals surface area (Å²) in [5.41, 5.74) is 2.43. The number of pyridine rings is 1. The van der Waals surface area contributed by atoms with E-state index >= 15 is 0 Å². The topological polar surface area (TPSA) is 37.2 Å². The van der Waals surface area contributed by atoms with E-state index in [1.165, 1.54) is 25.1 Å². The molecule has 130 valence electrons. The molecule has 24 heavy (non-hydrogen) atoms. The first-order valence-electron chi connectivity index (χ1n) is 9.15. The highest BCUT2D eigenvalue weighted by molar-refractivity contribution is 5.05. The lowest BCUT2D eigenvalue weighted by Crippen LogP contribution is -2.40. The molecule has 1 saturated heterocycles. The van der Waals surface area contributed by atoms with Gasteiger partial charge < -0.3 is 4.57 Å². The Kier molecular flexibility index (Phi) is 5.99. The van der Waals surface area contributed by atoms with Crippen molar-refractivity contribution in [3.8, 4) is 0 Å². The maximum atomic E-state index is 4.53. The Morgan fingerprint density at radius 2 is 2.12 bits per heavy atom. The fourth-order valence-electron chi connectivity index (χ4n) is 3.72. The van der Waals surface area contributed by atoms with Crippen molar-refractivity contribution in [2.45, 2.75) is 52.4 Å². The van der Waals surface area contributed by atoms with Crippen LogP contribution in [0.3, 0.4) is 0 Å². The predicted molar refractivity (Wildman–Crippen MR) is 96.5 cm³/mol. The largest absolute Gasteiger partial charge is 0.334 e. The van der Waals surface area contributed by atoms with Gasteiger partial charge in [-0.05, 0) is 45.0 Å². The molecule has 0 aliphatic carbocycles. The fourth-order valence-corrected chi connectivity index (χ4v) is 3.72. The third-order valence-electron chi connectivity index (χ3n) is 5.01. The molecule has 5 heteroatoms. The zero-order chi connectivity index (χ0) is 16.8. The van der Waals surface area contributed by atoms with Crippen molar-refractivity contribution in [3.05, 3.63) is 48.3 Å². The van der Waals surface area contributed by atoms with E-state index < -0.39 is 0 Å². The van der Waals surface area contributed by atoms with Gasteiger partial charge in [0.25, 0.3) is 0 Å². The van der Waals surface area contributed by atoms with Crippen LogP contribution in [-0.2, 0) is 19.6 Å². The second-order valence-electron chi connectivity index (χ2n) is 6.59. The number of aromatic nitrogens is 3. The molecular weight excluding hydrogens is 298 g/mol. The van der Waals surface area contributed by atoms with Crippen LogP contribution in [-0.4, -0.2) is 50.0 Å². The molecule has 0 aromatic carbocycles. The fraction of sp³-hybridized carbons (Fsp3) is 0.579. The minimum atomic E-state index is 0.664. The van der Waals surface area contributed by atoms with Crippen LogP contribution >= 0.6 is 0 Å². The second-order valence-corrected chi connectivity index (χ2v) is 6.59. The first kappa shape index (κ1) is 17.1. The third kappa shape index (κ3) is 4.22. The number of likely N-dealkylation sites (tertiary alicyclic amines) is 1. The van der Waals surface area contributed by atoms with E-state index in [4.69, 9.17) is 0 Å². The van der Waals surface area contributed by atoms with Crippen molar-refractivity contribution in [2.24, 2.45) is 0 Å². The first-order valence-corrected chi connectivity index (χ1v) is 9.15. The first-order chi connectivity index (χ1) is 11.8. The van der Waals surface area contributed by atoms with Crippen molar-refractivity contribution < 1.29 is 0 Å². The molecule has 2 aromatic heterocycles. The van der Waals surface area contributed by atoms with E-state index in [0.29, 0.717) is 6.04 Å². The van der Waals surface area contributed by atoms with E-state index in [2.05, 4.69) is 50.3 Å². The van der Waals surface area contributed by atoms with Gasteiger partial charge in [-0.2, -0.15) is 0 Å². The van der Waals surface area contributed by atoms with Crippen molar-refractivity contribution in [1.82, 2.24) is 24.3 Å². The molecule has 0 spiro atoms. The third-order valence-corrected chi connectivity index (χ3v) is 5.01. The van der Waals surface area contributed by atoms with Crippen LogP contribution in [0.2, 0.25) is 0 Å². The van der Waals surface area contributed by atoms with Crippen molar-refractivity contribution in [3.63, 3.8) is 0 Å². The molecule has 1 fully saturated rings. The van der Waals surface area contributed by atoms with Gasteiger partial charge in [-0.15, -0.1) is 0 Å². The lowest BCUT2D eigenvalue weighted by molar-refractivity contribution is 0.162. The Balaban J connectivity index is 1.72. The lowest BCUT2D eigenvalue weighted by Gasteiger charge is -2.30. The Morgan fingerprint density at radius 3 is 2.88 bits per heavy atom. The highest BCUT2D eigenvalue weighted by Crippen LogP contribution is 2.19. The van der Waals surface area contributed by atoms with Gasteiger partial charge in [0.05, 0.1) is 17.7 Å². The maximum absolute atomic E-state index is 4.53. The van der Waals surface area contributed by atoms with Crippen molar-refractivity contribution in [2.75, 3.05) is 19.6 Å². The van der Waals surface area contributed by atoms with Crippen LogP contribution in [0.15, 0.2) is 36.9 Å². The van der Waals surface area contributed by atoms with Crippen LogP contribution in [0.1, 0.15) is 38.1 Å². The van der Waals surface area contributed by atoms with Crippen LogP contribution in [0.5, 0.6) is 0 Å². The van der Waals surface area contributed by atoms with Gasteiger partial charge in [0.1, 0.15) is 0 Å². The van der Waals surface area contributed by atoms with Crippen molar-refractivity contribution in [1.29, 1.82) is 0 Å². The average Bonchev–Trinajstić information content (AvgIpc) is 3.24. The highest BCUT2D eigenvalue weighted by Gasteiger charge is 2.25.